The van der Waals surface area contributed by atoms with E-state index >= 15 is 0 Å². The first-order chi connectivity index (χ1) is 10.8. The molecule has 0 spiro atoms. The zero-order chi connectivity index (χ0) is 17.1. The molecule has 0 aliphatic carbocycles. The van der Waals surface area contributed by atoms with E-state index in [1.165, 1.54) is 30.2 Å². The monoisotopic (exact) mass is 323 g/mol. The number of carbonyl (C=O) groups is 2. The largest absolute Gasteiger partial charge is 0.496 e. The summed E-state index contributed by atoms with van der Waals surface area (Å²) in [5.74, 6) is -1.41. The molecule has 3 N–H and O–H groups in total. The second-order valence-corrected chi connectivity index (χ2v) is 5.95. The molecule has 1 heterocycles. The fraction of sp³-hybridized carbons (Fsp3) is 0.500. The lowest BCUT2D eigenvalue weighted by atomic mass is 10.1. The molecule has 1 fully saturated rings. The third-order valence-corrected chi connectivity index (χ3v) is 3.74. The average Bonchev–Trinajstić information content (AvgIpc) is 2.87. The van der Waals surface area contributed by atoms with Gasteiger partial charge < -0.3 is 20.7 Å². The minimum Gasteiger partial charge on any atom is -0.496 e. The van der Waals surface area contributed by atoms with Crippen LogP contribution in [0.3, 0.4) is 0 Å². The van der Waals surface area contributed by atoms with Crippen LogP contribution in [0.2, 0.25) is 0 Å². The number of hydrogen-bond donors (Lipinski definition) is 2. The van der Waals surface area contributed by atoms with Gasteiger partial charge in [-0.3, -0.25) is 9.59 Å². The minimum atomic E-state index is -0.704. The Labute approximate surface area is 134 Å². The zero-order valence-corrected chi connectivity index (χ0v) is 13.5. The first-order valence-electron chi connectivity index (χ1n) is 7.54. The van der Waals surface area contributed by atoms with E-state index in [4.69, 9.17) is 10.5 Å². The third kappa shape index (κ3) is 3.61. The zero-order valence-electron chi connectivity index (χ0n) is 13.5. The molecule has 0 aromatic heterocycles. The average molecular weight is 323 g/mol. The summed E-state index contributed by atoms with van der Waals surface area (Å²) in [6, 6.07) is 3.08. The van der Waals surface area contributed by atoms with Crippen molar-refractivity contribution in [2.24, 2.45) is 5.73 Å². The first kappa shape index (κ1) is 17.2. The predicted octanol–water partition coefficient (Wildman–Crippen LogP) is 0.901. The molecule has 126 valence electrons. The first-order valence-corrected chi connectivity index (χ1v) is 7.54. The van der Waals surface area contributed by atoms with Gasteiger partial charge in [-0.25, -0.2) is 4.39 Å². The van der Waals surface area contributed by atoms with Gasteiger partial charge in [-0.2, -0.15) is 0 Å². The normalized spacial score (nSPS) is 20.7. The number of halogens is 1. The molecule has 0 saturated carbocycles. The molecule has 0 unspecified atom stereocenters. The standard InChI is InChI=1S/C16H22FN3O3/c1-9(2)19-15(21)12-7-10(18)8-20(12)16(22)14-11(17)5-4-6-13(14)23-3/h4-6,9-10,12H,7-8,18H2,1-3H3,(H,19,21)/t10-,12-/m0/s1. The summed E-state index contributed by atoms with van der Waals surface area (Å²) in [5.41, 5.74) is 5.74. The van der Waals surface area contributed by atoms with Crippen LogP contribution >= 0.6 is 0 Å². The highest BCUT2D eigenvalue weighted by molar-refractivity contribution is 6.00. The molecule has 2 rings (SSSR count). The maximum atomic E-state index is 14.1. The van der Waals surface area contributed by atoms with E-state index < -0.39 is 17.8 Å². The number of carbonyl (C=O) groups excluding carboxylic acids is 2. The van der Waals surface area contributed by atoms with Crippen molar-refractivity contribution in [1.29, 1.82) is 0 Å². The molecule has 23 heavy (non-hydrogen) atoms. The molecule has 0 radical (unpaired) electrons. The Bertz CT molecular complexity index is 606. The van der Waals surface area contributed by atoms with Crippen molar-refractivity contribution in [3.8, 4) is 5.75 Å². The molecular weight excluding hydrogens is 301 g/mol. The van der Waals surface area contributed by atoms with E-state index in [1.807, 2.05) is 13.8 Å². The Morgan fingerprint density at radius 1 is 1.43 bits per heavy atom. The van der Waals surface area contributed by atoms with Crippen LogP contribution in [0.4, 0.5) is 4.39 Å². The van der Waals surface area contributed by atoms with Gasteiger partial charge in [0.25, 0.3) is 5.91 Å². The number of nitrogens with zero attached hydrogens (tertiary/aromatic N) is 1. The number of benzene rings is 1. The fourth-order valence-electron chi connectivity index (χ4n) is 2.75. The van der Waals surface area contributed by atoms with Gasteiger partial charge in [-0.05, 0) is 32.4 Å². The van der Waals surface area contributed by atoms with E-state index in [-0.39, 0.29) is 35.8 Å². The Morgan fingerprint density at radius 2 is 2.13 bits per heavy atom. The lowest BCUT2D eigenvalue weighted by molar-refractivity contribution is -0.125. The highest BCUT2D eigenvalue weighted by Crippen LogP contribution is 2.27. The summed E-state index contributed by atoms with van der Waals surface area (Å²) >= 11 is 0. The Morgan fingerprint density at radius 3 is 2.74 bits per heavy atom. The predicted molar refractivity (Wildman–Crippen MR) is 83.6 cm³/mol. The quantitative estimate of drug-likeness (QED) is 0.862. The second kappa shape index (κ2) is 6.95. The van der Waals surface area contributed by atoms with Gasteiger partial charge in [0.1, 0.15) is 23.2 Å². The third-order valence-electron chi connectivity index (χ3n) is 3.74. The number of nitrogens with one attached hydrogen (secondary N) is 1. The summed E-state index contributed by atoms with van der Waals surface area (Å²) in [5, 5.41) is 2.77. The number of likely N-dealkylation sites (tertiary alicyclic amines) is 1. The maximum Gasteiger partial charge on any atom is 0.261 e. The van der Waals surface area contributed by atoms with Crippen LogP contribution in [0.5, 0.6) is 5.75 Å². The van der Waals surface area contributed by atoms with Gasteiger partial charge in [0.05, 0.1) is 7.11 Å². The van der Waals surface area contributed by atoms with Crippen molar-refractivity contribution < 1.29 is 18.7 Å². The lowest BCUT2D eigenvalue weighted by Gasteiger charge is -2.25. The number of methoxy groups -OCH3 is 1. The Kier molecular flexibility index (Phi) is 5.20. The fourth-order valence-corrected chi connectivity index (χ4v) is 2.75. The van der Waals surface area contributed by atoms with Gasteiger partial charge in [0.2, 0.25) is 5.91 Å². The molecule has 1 aromatic rings. The van der Waals surface area contributed by atoms with E-state index in [0.717, 1.165) is 0 Å². The van der Waals surface area contributed by atoms with Crippen molar-refractivity contribution >= 4 is 11.8 Å². The van der Waals surface area contributed by atoms with Crippen molar-refractivity contribution in [3.05, 3.63) is 29.6 Å². The van der Waals surface area contributed by atoms with Crippen LogP contribution in [0, 0.1) is 5.82 Å². The number of nitrogens with two attached hydrogens (primary N) is 1. The van der Waals surface area contributed by atoms with Crippen molar-refractivity contribution in [2.75, 3.05) is 13.7 Å². The van der Waals surface area contributed by atoms with Gasteiger partial charge in [0, 0.05) is 18.6 Å². The van der Waals surface area contributed by atoms with Crippen LogP contribution in [0.15, 0.2) is 18.2 Å². The smallest absolute Gasteiger partial charge is 0.261 e. The molecule has 2 amide bonds. The van der Waals surface area contributed by atoms with Gasteiger partial charge in [0.15, 0.2) is 0 Å². The summed E-state index contributed by atoms with van der Waals surface area (Å²) in [4.78, 5) is 26.4. The van der Waals surface area contributed by atoms with Gasteiger partial charge in [-0.1, -0.05) is 6.07 Å². The van der Waals surface area contributed by atoms with E-state index in [2.05, 4.69) is 5.32 Å². The number of ether oxygens (including phenoxy) is 1. The highest BCUT2D eigenvalue weighted by atomic mass is 19.1. The Hall–Kier alpha value is -2.15. The number of amides is 2. The van der Waals surface area contributed by atoms with Crippen molar-refractivity contribution in [1.82, 2.24) is 10.2 Å². The lowest BCUT2D eigenvalue weighted by Crippen LogP contribution is -2.47. The summed E-state index contributed by atoms with van der Waals surface area (Å²) < 4.78 is 19.2. The molecule has 6 nitrogen and oxygen atoms in total. The molecule has 1 aliphatic heterocycles. The van der Waals surface area contributed by atoms with Crippen LogP contribution in [-0.4, -0.2) is 48.5 Å². The van der Waals surface area contributed by atoms with Gasteiger partial charge in [-0.15, -0.1) is 0 Å². The van der Waals surface area contributed by atoms with E-state index in [1.54, 1.807) is 0 Å². The van der Waals surface area contributed by atoms with Gasteiger partial charge >= 0.3 is 0 Å². The van der Waals surface area contributed by atoms with Crippen molar-refractivity contribution in [2.45, 2.75) is 38.4 Å². The molecule has 2 atom stereocenters. The van der Waals surface area contributed by atoms with E-state index in [9.17, 15) is 14.0 Å². The summed E-state index contributed by atoms with van der Waals surface area (Å²) in [6.45, 7) is 3.87. The maximum absolute atomic E-state index is 14.1. The molecule has 1 aliphatic rings. The Balaban J connectivity index is 2.32. The van der Waals surface area contributed by atoms with Crippen LogP contribution < -0.4 is 15.8 Å². The molecular formula is C16H22FN3O3. The van der Waals surface area contributed by atoms with Crippen LogP contribution in [0.25, 0.3) is 0 Å². The summed E-state index contributed by atoms with van der Waals surface area (Å²) in [7, 11) is 1.37. The number of hydrogen-bond acceptors (Lipinski definition) is 4. The minimum absolute atomic E-state index is 0.0562. The van der Waals surface area contributed by atoms with Crippen LogP contribution in [0.1, 0.15) is 30.6 Å². The number of rotatable bonds is 4. The molecule has 0 bridgehead atoms. The highest BCUT2D eigenvalue weighted by Gasteiger charge is 2.40. The van der Waals surface area contributed by atoms with Crippen LogP contribution in [-0.2, 0) is 4.79 Å². The topological polar surface area (TPSA) is 84.7 Å². The molecule has 1 saturated heterocycles. The summed E-state index contributed by atoms with van der Waals surface area (Å²) in [6.07, 6.45) is 0.348. The van der Waals surface area contributed by atoms with Crippen molar-refractivity contribution in [3.63, 3.8) is 0 Å². The second-order valence-electron chi connectivity index (χ2n) is 5.95. The molecule has 1 aromatic carbocycles. The van der Waals surface area contributed by atoms with E-state index in [0.29, 0.717) is 6.42 Å². The SMILES string of the molecule is COc1cccc(F)c1C(=O)N1C[C@@H](N)C[C@H]1C(=O)NC(C)C. The molecule has 7 heteroatoms.